The molecule has 1 aliphatic rings. The van der Waals surface area contributed by atoms with Crippen LogP contribution in [0.4, 0.5) is 0 Å². The lowest BCUT2D eigenvalue weighted by atomic mass is 9.99. The number of hydrogen-bond donors (Lipinski definition) is 0. The van der Waals surface area contributed by atoms with Crippen molar-refractivity contribution < 1.29 is 14.3 Å². The normalized spacial score (nSPS) is 15.7. The first-order valence-electron chi connectivity index (χ1n) is 6.68. The minimum absolute atomic E-state index is 0.0767. The van der Waals surface area contributed by atoms with Crippen molar-refractivity contribution in [2.24, 2.45) is 0 Å². The Balaban J connectivity index is 2.24. The van der Waals surface area contributed by atoms with Gasteiger partial charge in [0.2, 0.25) is 0 Å². The molecule has 0 atom stereocenters. The van der Waals surface area contributed by atoms with Crippen molar-refractivity contribution >= 4 is 5.91 Å². The smallest absolute Gasteiger partial charge is 0.254 e. The number of amides is 1. The molecule has 0 N–H and O–H groups in total. The molecule has 0 saturated carbocycles. The number of rotatable bonds is 3. The van der Waals surface area contributed by atoms with E-state index >= 15 is 0 Å². The highest BCUT2D eigenvalue weighted by atomic mass is 16.5. The summed E-state index contributed by atoms with van der Waals surface area (Å²) < 4.78 is 10.6. The van der Waals surface area contributed by atoms with Crippen LogP contribution in [0.1, 0.15) is 35.7 Å². The Morgan fingerprint density at radius 3 is 2.58 bits per heavy atom. The lowest BCUT2D eigenvalue weighted by Crippen LogP contribution is -2.40. The van der Waals surface area contributed by atoms with Crippen LogP contribution < -0.4 is 4.74 Å². The van der Waals surface area contributed by atoms with Gasteiger partial charge in [0.05, 0.1) is 20.3 Å². The average Bonchev–Trinajstić information content (AvgIpc) is 2.46. The molecule has 4 nitrogen and oxygen atoms in total. The second kappa shape index (κ2) is 6.06. The van der Waals surface area contributed by atoms with Crippen molar-refractivity contribution in [3.63, 3.8) is 0 Å². The third-order valence-electron chi connectivity index (χ3n) is 3.40. The summed E-state index contributed by atoms with van der Waals surface area (Å²) in [5, 5.41) is 0. The summed E-state index contributed by atoms with van der Waals surface area (Å²) in [6.07, 6.45) is 0. The van der Waals surface area contributed by atoms with Gasteiger partial charge in [-0.1, -0.05) is 13.8 Å². The minimum atomic E-state index is 0.0767. The van der Waals surface area contributed by atoms with Gasteiger partial charge in [0, 0.05) is 18.7 Å². The topological polar surface area (TPSA) is 38.8 Å². The first-order chi connectivity index (χ1) is 9.13. The maximum atomic E-state index is 12.4. The minimum Gasteiger partial charge on any atom is -0.496 e. The van der Waals surface area contributed by atoms with Crippen LogP contribution in [0.25, 0.3) is 0 Å². The first-order valence-corrected chi connectivity index (χ1v) is 6.68. The standard InChI is InChI=1S/C15H21NO3/c1-11(2)13-10-12(4-5-14(13)18-3)15(17)16-6-8-19-9-7-16/h4-5,10-11H,6-9H2,1-3H3. The Bertz CT molecular complexity index is 451. The molecule has 0 bridgehead atoms. The molecule has 0 aliphatic carbocycles. The molecule has 4 heteroatoms. The van der Waals surface area contributed by atoms with E-state index in [1.54, 1.807) is 7.11 Å². The monoisotopic (exact) mass is 263 g/mol. The van der Waals surface area contributed by atoms with E-state index in [4.69, 9.17) is 9.47 Å². The van der Waals surface area contributed by atoms with Crippen LogP contribution in [-0.4, -0.2) is 44.2 Å². The van der Waals surface area contributed by atoms with E-state index in [2.05, 4.69) is 13.8 Å². The van der Waals surface area contributed by atoms with Gasteiger partial charge in [-0.2, -0.15) is 0 Å². The van der Waals surface area contributed by atoms with Gasteiger partial charge >= 0.3 is 0 Å². The molecule has 19 heavy (non-hydrogen) atoms. The Labute approximate surface area is 114 Å². The van der Waals surface area contributed by atoms with Crippen molar-refractivity contribution in [1.29, 1.82) is 0 Å². The molecule has 2 rings (SSSR count). The number of nitrogens with zero attached hydrogens (tertiary/aromatic N) is 1. The van der Waals surface area contributed by atoms with Crippen molar-refractivity contribution in [3.05, 3.63) is 29.3 Å². The summed E-state index contributed by atoms with van der Waals surface area (Å²) in [6.45, 7) is 6.78. The maximum absolute atomic E-state index is 12.4. The Kier molecular flexibility index (Phi) is 4.43. The van der Waals surface area contributed by atoms with Crippen LogP contribution in [0, 0.1) is 0 Å². The number of morpholine rings is 1. The van der Waals surface area contributed by atoms with E-state index in [1.807, 2.05) is 23.1 Å². The van der Waals surface area contributed by atoms with Crippen molar-refractivity contribution in [1.82, 2.24) is 4.90 Å². The molecular weight excluding hydrogens is 242 g/mol. The molecule has 1 saturated heterocycles. The highest BCUT2D eigenvalue weighted by Crippen LogP contribution is 2.27. The van der Waals surface area contributed by atoms with Crippen LogP contribution in [0.2, 0.25) is 0 Å². The summed E-state index contributed by atoms with van der Waals surface area (Å²) in [5.74, 6) is 1.24. The SMILES string of the molecule is COc1ccc(C(=O)N2CCOCC2)cc1C(C)C. The maximum Gasteiger partial charge on any atom is 0.254 e. The average molecular weight is 263 g/mol. The molecule has 1 aromatic rings. The first kappa shape index (κ1) is 13.9. The van der Waals surface area contributed by atoms with E-state index in [9.17, 15) is 4.79 Å². The van der Waals surface area contributed by atoms with Crippen LogP contribution in [0.5, 0.6) is 5.75 Å². The lowest BCUT2D eigenvalue weighted by molar-refractivity contribution is 0.0303. The van der Waals surface area contributed by atoms with Gasteiger partial charge < -0.3 is 14.4 Å². The van der Waals surface area contributed by atoms with Crippen LogP contribution >= 0.6 is 0 Å². The molecule has 0 radical (unpaired) electrons. The van der Waals surface area contributed by atoms with Gasteiger partial charge in [-0.05, 0) is 29.7 Å². The molecular formula is C15H21NO3. The number of carbonyl (C=O) groups is 1. The zero-order valence-electron chi connectivity index (χ0n) is 11.8. The Morgan fingerprint density at radius 1 is 1.32 bits per heavy atom. The van der Waals surface area contributed by atoms with Crippen molar-refractivity contribution in [3.8, 4) is 5.75 Å². The zero-order valence-corrected chi connectivity index (χ0v) is 11.8. The van der Waals surface area contributed by atoms with E-state index in [-0.39, 0.29) is 5.91 Å². The highest BCUT2D eigenvalue weighted by Gasteiger charge is 2.20. The Morgan fingerprint density at radius 2 is 2.00 bits per heavy atom. The lowest BCUT2D eigenvalue weighted by Gasteiger charge is -2.27. The van der Waals surface area contributed by atoms with Crippen molar-refractivity contribution in [2.75, 3.05) is 33.4 Å². The molecule has 0 spiro atoms. The number of carbonyl (C=O) groups excluding carboxylic acids is 1. The molecule has 1 aliphatic heterocycles. The van der Waals surface area contributed by atoms with E-state index < -0.39 is 0 Å². The van der Waals surface area contributed by atoms with Crippen LogP contribution in [0.15, 0.2) is 18.2 Å². The fourth-order valence-corrected chi connectivity index (χ4v) is 2.27. The van der Waals surface area contributed by atoms with Gasteiger partial charge in [-0.3, -0.25) is 4.79 Å². The zero-order chi connectivity index (χ0) is 13.8. The van der Waals surface area contributed by atoms with Gasteiger partial charge in [0.25, 0.3) is 5.91 Å². The summed E-state index contributed by atoms with van der Waals surface area (Å²) >= 11 is 0. The number of benzene rings is 1. The molecule has 1 fully saturated rings. The van der Waals surface area contributed by atoms with Crippen LogP contribution in [0.3, 0.4) is 0 Å². The fourth-order valence-electron chi connectivity index (χ4n) is 2.27. The third-order valence-corrected chi connectivity index (χ3v) is 3.40. The highest BCUT2D eigenvalue weighted by molar-refractivity contribution is 5.94. The molecule has 1 amide bonds. The van der Waals surface area contributed by atoms with E-state index in [1.165, 1.54) is 0 Å². The summed E-state index contributed by atoms with van der Waals surface area (Å²) in [5.41, 5.74) is 1.80. The quantitative estimate of drug-likeness (QED) is 0.840. The second-order valence-corrected chi connectivity index (χ2v) is 5.02. The molecule has 0 aromatic heterocycles. The molecule has 1 heterocycles. The number of hydrogen-bond acceptors (Lipinski definition) is 3. The molecule has 0 unspecified atom stereocenters. The fraction of sp³-hybridized carbons (Fsp3) is 0.533. The van der Waals surface area contributed by atoms with E-state index in [0.717, 1.165) is 16.9 Å². The van der Waals surface area contributed by atoms with Crippen LogP contribution in [-0.2, 0) is 4.74 Å². The largest absolute Gasteiger partial charge is 0.496 e. The second-order valence-electron chi connectivity index (χ2n) is 5.02. The third kappa shape index (κ3) is 3.07. The van der Waals surface area contributed by atoms with Crippen molar-refractivity contribution in [2.45, 2.75) is 19.8 Å². The summed E-state index contributed by atoms with van der Waals surface area (Å²) in [7, 11) is 1.66. The summed E-state index contributed by atoms with van der Waals surface area (Å²) in [6, 6.07) is 5.66. The predicted molar refractivity (Wildman–Crippen MR) is 73.8 cm³/mol. The van der Waals surface area contributed by atoms with Gasteiger partial charge in [0.15, 0.2) is 0 Å². The predicted octanol–water partition coefficient (Wildman–Crippen LogP) is 2.29. The van der Waals surface area contributed by atoms with Gasteiger partial charge in [-0.25, -0.2) is 0 Å². The molecule has 1 aromatic carbocycles. The molecule has 104 valence electrons. The number of methoxy groups -OCH3 is 1. The number of ether oxygens (including phenoxy) is 2. The van der Waals surface area contributed by atoms with E-state index in [0.29, 0.717) is 32.2 Å². The van der Waals surface area contributed by atoms with Gasteiger partial charge in [-0.15, -0.1) is 0 Å². The van der Waals surface area contributed by atoms with Gasteiger partial charge in [0.1, 0.15) is 5.75 Å². The Hall–Kier alpha value is -1.55. The summed E-state index contributed by atoms with van der Waals surface area (Å²) in [4.78, 5) is 14.2.